The number of nitrogens with one attached hydrogen (secondary N) is 1. The number of amides is 2. The fourth-order valence-electron chi connectivity index (χ4n) is 4.49. The van der Waals surface area contributed by atoms with E-state index in [2.05, 4.69) is 22.1 Å². The first-order valence-corrected chi connectivity index (χ1v) is 9.47. The van der Waals surface area contributed by atoms with Gasteiger partial charge < -0.3 is 10.2 Å². The van der Waals surface area contributed by atoms with E-state index in [0.717, 1.165) is 43.7 Å². The summed E-state index contributed by atoms with van der Waals surface area (Å²) < 4.78 is 0. The van der Waals surface area contributed by atoms with Crippen molar-refractivity contribution in [3.8, 4) is 0 Å². The highest BCUT2D eigenvalue weighted by Crippen LogP contribution is 2.38. The van der Waals surface area contributed by atoms with Crippen molar-refractivity contribution in [1.82, 2.24) is 10.3 Å². The van der Waals surface area contributed by atoms with Crippen molar-refractivity contribution < 1.29 is 9.59 Å². The summed E-state index contributed by atoms with van der Waals surface area (Å²) in [7, 11) is 0. The Bertz CT molecular complexity index is 677. The van der Waals surface area contributed by atoms with E-state index in [-0.39, 0.29) is 30.4 Å². The highest BCUT2D eigenvalue weighted by Gasteiger charge is 2.42. The number of nitrogens with zero attached hydrogens (tertiary/aromatic N) is 3. The molecule has 0 spiro atoms. The average molecular weight is 342 g/mol. The summed E-state index contributed by atoms with van der Waals surface area (Å²) in [6, 6.07) is 3.79. The summed E-state index contributed by atoms with van der Waals surface area (Å²) in [4.78, 5) is 33.8. The van der Waals surface area contributed by atoms with Crippen molar-refractivity contribution in [2.75, 3.05) is 22.9 Å². The predicted molar refractivity (Wildman–Crippen MR) is 96.5 cm³/mol. The van der Waals surface area contributed by atoms with Crippen LogP contribution in [0.1, 0.15) is 45.4 Å². The van der Waals surface area contributed by atoms with E-state index in [1.54, 1.807) is 11.1 Å². The Balaban J connectivity index is 1.52. The molecular weight excluding hydrogens is 316 g/mol. The highest BCUT2D eigenvalue weighted by atomic mass is 16.2. The third-order valence-corrected chi connectivity index (χ3v) is 5.89. The lowest BCUT2D eigenvalue weighted by Gasteiger charge is -2.38. The van der Waals surface area contributed by atoms with Crippen molar-refractivity contribution in [2.45, 2.75) is 57.5 Å². The lowest BCUT2D eigenvalue weighted by molar-refractivity contribution is -0.125. The minimum Gasteiger partial charge on any atom is -0.352 e. The van der Waals surface area contributed by atoms with Gasteiger partial charge in [0.15, 0.2) is 5.82 Å². The maximum Gasteiger partial charge on any atom is 0.250 e. The van der Waals surface area contributed by atoms with E-state index in [1.807, 2.05) is 12.1 Å². The van der Waals surface area contributed by atoms with Crippen LogP contribution in [0.3, 0.4) is 0 Å². The largest absolute Gasteiger partial charge is 0.352 e. The Labute approximate surface area is 148 Å². The zero-order valence-corrected chi connectivity index (χ0v) is 14.8. The van der Waals surface area contributed by atoms with Crippen molar-refractivity contribution in [1.29, 1.82) is 0 Å². The van der Waals surface area contributed by atoms with Gasteiger partial charge in [-0.2, -0.15) is 0 Å². The molecule has 134 valence electrons. The number of carbonyl (C=O) groups is 2. The fourth-order valence-corrected chi connectivity index (χ4v) is 4.49. The monoisotopic (exact) mass is 342 g/mol. The van der Waals surface area contributed by atoms with Crippen LogP contribution in [0.15, 0.2) is 18.3 Å². The van der Waals surface area contributed by atoms with E-state index >= 15 is 0 Å². The number of hydrogen-bond acceptors (Lipinski definition) is 4. The van der Waals surface area contributed by atoms with Crippen LogP contribution in [0.4, 0.5) is 11.5 Å². The summed E-state index contributed by atoms with van der Waals surface area (Å²) in [5.74, 6) is 1.32. The zero-order valence-electron chi connectivity index (χ0n) is 14.8. The molecule has 4 rings (SSSR count). The number of anilines is 2. The second-order valence-electron chi connectivity index (χ2n) is 7.56. The van der Waals surface area contributed by atoms with Crippen molar-refractivity contribution in [2.24, 2.45) is 5.92 Å². The van der Waals surface area contributed by atoms with Gasteiger partial charge in [0.05, 0.1) is 5.69 Å². The first-order valence-electron chi connectivity index (χ1n) is 9.47. The average Bonchev–Trinajstić information content (AvgIpc) is 3.11. The molecule has 1 saturated heterocycles. The van der Waals surface area contributed by atoms with E-state index in [9.17, 15) is 9.59 Å². The normalized spacial score (nSPS) is 28.5. The summed E-state index contributed by atoms with van der Waals surface area (Å²) in [5, 5.41) is 3.16. The van der Waals surface area contributed by atoms with Crippen LogP contribution in [0, 0.1) is 5.92 Å². The molecule has 3 atom stereocenters. The minimum absolute atomic E-state index is 0.0323. The molecule has 1 aromatic rings. The Morgan fingerprint density at radius 1 is 1.28 bits per heavy atom. The fraction of sp³-hybridized carbons (Fsp3) is 0.632. The molecule has 25 heavy (non-hydrogen) atoms. The van der Waals surface area contributed by atoms with Crippen LogP contribution in [0.25, 0.3) is 0 Å². The van der Waals surface area contributed by atoms with Crippen molar-refractivity contribution in [3.05, 3.63) is 18.3 Å². The van der Waals surface area contributed by atoms with Crippen LogP contribution in [-0.4, -0.2) is 42.0 Å². The van der Waals surface area contributed by atoms with Crippen LogP contribution in [-0.2, 0) is 9.59 Å². The zero-order chi connectivity index (χ0) is 17.4. The van der Waals surface area contributed by atoms with Gasteiger partial charge in [0.1, 0.15) is 12.6 Å². The number of rotatable bonds is 3. The van der Waals surface area contributed by atoms with Crippen molar-refractivity contribution >= 4 is 23.3 Å². The second-order valence-corrected chi connectivity index (χ2v) is 7.56. The van der Waals surface area contributed by atoms with Gasteiger partial charge in [-0.05, 0) is 43.7 Å². The molecule has 1 saturated carbocycles. The van der Waals surface area contributed by atoms with Gasteiger partial charge in [-0.3, -0.25) is 14.5 Å². The standard InChI is InChI=1S/C19H26N4O2/c1-13-6-2-3-7-14(13)21-17(24)12-23-15-8-4-10-20-18(15)22-11-5-9-16(22)19(23)25/h4,8,10,13-14,16H,2-3,5-7,9,11-12H2,1H3,(H,21,24)/t13-,14+,16-/m1/s1. The first-order chi connectivity index (χ1) is 12.1. The van der Waals surface area contributed by atoms with Gasteiger partial charge in [0.25, 0.3) is 0 Å². The Morgan fingerprint density at radius 2 is 2.12 bits per heavy atom. The van der Waals surface area contributed by atoms with Crippen LogP contribution < -0.4 is 15.1 Å². The topological polar surface area (TPSA) is 65.5 Å². The molecule has 2 amide bonds. The first kappa shape index (κ1) is 16.4. The van der Waals surface area contributed by atoms with Gasteiger partial charge in [-0.25, -0.2) is 4.98 Å². The lowest BCUT2D eigenvalue weighted by Crippen LogP contribution is -2.54. The molecule has 6 heteroatoms. The molecule has 3 aliphatic rings. The van der Waals surface area contributed by atoms with Crippen LogP contribution >= 0.6 is 0 Å². The lowest BCUT2D eigenvalue weighted by atomic mass is 9.86. The molecule has 1 N–H and O–H groups in total. The minimum atomic E-state index is -0.163. The molecule has 3 heterocycles. The molecule has 1 aliphatic carbocycles. The van der Waals surface area contributed by atoms with E-state index in [4.69, 9.17) is 0 Å². The maximum absolute atomic E-state index is 12.9. The van der Waals surface area contributed by atoms with Crippen molar-refractivity contribution in [3.63, 3.8) is 0 Å². The Hall–Kier alpha value is -2.11. The van der Waals surface area contributed by atoms with Gasteiger partial charge in [-0.1, -0.05) is 19.8 Å². The Morgan fingerprint density at radius 3 is 2.96 bits per heavy atom. The number of fused-ring (bicyclic) bond motifs is 3. The molecule has 6 nitrogen and oxygen atoms in total. The second kappa shape index (κ2) is 6.65. The summed E-state index contributed by atoms with van der Waals surface area (Å²) in [6.45, 7) is 3.15. The highest BCUT2D eigenvalue weighted by molar-refractivity contribution is 6.08. The summed E-state index contributed by atoms with van der Waals surface area (Å²) >= 11 is 0. The van der Waals surface area contributed by atoms with Crippen LogP contribution in [0.5, 0.6) is 0 Å². The van der Waals surface area contributed by atoms with Crippen LogP contribution in [0.2, 0.25) is 0 Å². The predicted octanol–water partition coefficient (Wildman–Crippen LogP) is 2.09. The summed E-state index contributed by atoms with van der Waals surface area (Å²) in [6.07, 6.45) is 8.20. The van der Waals surface area contributed by atoms with E-state index in [0.29, 0.717) is 5.92 Å². The number of carbonyl (C=O) groups excluding carboxylic acids is 2. The number of aromatic nitrogens is 1. The number of pyridine rings is 1. The third kappa shape index (κ3) is 2.98. The van der Waals surface area contributed by atoms with E-state index in [1.165, 1.54) is 12.8 Å². The molecule has 0 unspecified atom stereocenters. The van der Waals surface area contributed by atoms with Gasteiger partial charge >= 0.3 is 0 Å². The Kier molecular flexibility index (Phi) is 4.36. The molecule has 1 aromatic heterocycles. The molecule has 0 radical (unpaired) electrons. The third-order valence-electron chi connectivity index (χ3n) is 5.89. The smallest absolute Gasteiger partial charge is 0.250 e. The SMILES string of the molecule is C[C@@H]1CCCC[C@@H]1NC(=O)CN1C(=O)[C@H]2CCCN2c2ncccc21. The molecular formula is C19H26N4O2. The quantitative estimate of drug-likeness (QED) is 0.913. The molecule has 2 aliphatic heterocycles. The number of hydrogen-bond donors (Lipinski definition) is 1. The maximum atomic E-state index is 12.9. The van der Waals surface area contributed by atoms with Gasteiger partial charge in [0, 0.05) is 18.8 Å². The molecule has 0 aromatic carbocycles. The summed E-state index contributed by atoms with van der Waals surface area (Å²) in [5.41, 5.74) is 0.762. The van der Waals surface area contributed by atoms with Gasteiger partial charge in [0.2, 0.25) is 11.8 Å². The molecule has 2 fully saturated rings. The van der Waals surface area contributed by atoms with E-state index < -0.39 is 0 Å². The molecule has 0 bridgehead atoms. The van der Waals surface area contributed by atoms with Gasteiger partial charge in [-0.15, -0.1) is 0 Å².